The lowest BCUT2D eigenvalue weighted by molar-refractivity contribution is 0.158. The van der Waals surface area contributed by atoms with E-state index in [1.807, 2.05) is 7.05 Å². The van der Waals surface area contributed by atoms with E-state index in [-0.39, 0.29) is 0 Å². The Bertz CT molecular complexity index is 337. The molecule has 1 fully saturated rings. The second kappa shape index (κ2) is 5.35. The van der Waals surface area contributed by atoms with Crippen molar-refractivity contribution in [2.24, 2.45) is 5.92 Å². The Kier molecular flexibility index (Phi) is 3.83. The fraction of sp³-hybridized carbons (Fsp3) is 0.571. The fourth-order valence-electron chi connectivity index (χ4n) is 2.52. The molecule has 0 amide bonds. The van der Waals surface area contributed by atoms with Gasteiger partial charge in [0.05, 0.1) is 0 Å². The van der Waals surface area contributed by atoms with E-state index >= 15 is 0 Å². The monoisotopic (exact) mass is 219 g/mol. The third-order valence-corrected chi connectivity index (χ3v) is 3.33. The summed E-state index contributed by atoms with van der Waals surface area (Å²) in [5.41, 5.74) is 1.26. The Morgan fingerprint density at radius 1 is 1.38 bits per heavy atom. The molecule has 1 N–H and O–H groups in total. The van der Waals surface area contributed by atoms with Crippen LogP contribution < -0.4 is 10.1 Å². The fourth-order valence-corrected chi connectivity index (χ4v) is 2.52. The Labute approximate surface area is 98.0 Å². The Hall–Kier alpha value is -1.02. The largest absolute Gasteiger partial charge is 0.490 e. The van der Waals surface area contributed by atoms with Crippen LogP contribution in [0.1, 0.15) is 24.8 Å². The standard InChI is InChI=1S/C14H21NO/c1-11-5-3-7-13(9-11)16-14-8-4-6-12(14)10-15-2/h3,5,7,9,12,14-15H,4,6,8,10H2,1-2H3. The summed E-state index contributed by atoms with van der Waals surface area (Å²) in [5.74, 6) is 1.69. The summed E-state index contributed by atoms with van der Waals surface area (Å²) < 4.78 is 6.08. The maximum absolute atomic E-state index is 6.08. The molecule has 0 aromatic heterocycles. The van der Waals surface area contributed by atoms with E-state index in [0.717, 1.165) is 12.3 Å². The van der Waals surface area contributed by atoms with Gasteiger partial charge in [-0.05, 0) is 50.9 Å². The average molecular weight is 219 g/mol. The first kappa shape index (κ1) is 11.5. The Balaban J connectivity index is 1.98. The third-order valence-electron chi connectivity index (χ3n) is 3.33. The number of benzene rings is 1. The molecule has 1 aliphatic carbocycles. The summed E-state index contributed by atoms with van der Waals surface area (Å²) in [7, 11) is 2.02. The predicted octanol–water partition coefficient (Wildman–Crippen LogP) is 2.76. The van der Waals surface area contributed by atoms with Crippen molar-refractivity contribution in [3.05, 3.63) is 29.8 Å². The maximum Gasteiger partial charge on any atom is 0.119 e. The van der Waals surface area contributed by atoms with Gasteiger partial charge in [-0.25, -0.2) is 0 Å². The van der Waals surface area contributed by atoms with Crippen molar-refractivity contribution in [1.82, 2.24) is 5.32 Å². The zero-order valence-electron chi connectivity index (χ0n) is 10.2. The third kappa shape index (κ3) is 2.76. The van der Waals surface area contributed by atoms with Gasteiger partial charge in [-0.1, -0.05) is 12.1 Å². The first-order valence-corrected chi connectivity index (χ1v) is 6.17. The van der Waals surface area contributed by atoms with Crippen molar-refractivity contribution in [2.75, 3.05) is 13.6 Å². The highest BCUT2D eigenvalue weighted by atomic mass is 16.5. The van der Waals surface area contributed by atoms with Crippen molar-refractivity contribution >= 4 is 0 Å². The molecule has 2 nitrogen and oxygen atoms in total. The minimum Gasteiger partial charge on any atom is -0.490 e. The molecule has 1 aromatic rings. The van der Waals surface area contributed by atoms with Gasteiger partial charge in [-0.2, -0.15) is 0 Å². The second-order valence-electron chi connectivity index (χ2n) is 4.72. The number of ether oxygens (including phenoxy) is 1. The summed E-state index contributed by atoms with van der Waals surface area (Å²) in [6.07, 6.45) is 4.18. The van der Waals surface area contributed by atoms with Gasteiger partial charge in [0, 0.05) is 12.5 Å². The molecule has 0 bridgehead atoms. The molecule has 1 saturated carbocycles. The Morgan fingerprint density at radius 3 is 3.00 bits per heavy atom. The number of aryl methyl sites for hydroxylation is 1. The first-order valence-electron chi connectivity index (χ1n) is 6.17. The predicted molar refractivity (Wildman–Crippen MR) is 66.9 cm³/mol. The zero-order chi connectivity index (χ0) is 11.4. The van der Waals surface area contributed by atoms with E-state index in [2.05, 4.69) is 36.5 Å². The Morgan fingerprint density at radius 2 is 2.25 bits per heavy atom. The molecule has 88 valence electrons. The van der Waals surface area contributed by atoms with Gasteiger partial charge in [-0.3, -0.25) is 0 Å². The molecule has 1 aliphatic rings. The van der Waals surface area contributed by atoms with E-state index in [1.165, 1.54) is 24.8 Å². The topological polar surface area (TPSA) is 21.3 Å². The van der Waals surface area contributed by atoms with Crippen LogP contribution in [0.25, 0.3) is 0 Å². The molecule has 0 saturated heterocycles. The molecule has 0 spiro atoms. The van der Waals surface area contributed by atoms with Crippen LogP contribution in [0.15, 0.2) is 24.3 Å². The van der Waals surface area contributed by atoms with Crippen LogP contribution in [-0.4, -0.2) is 19.7 Å². The molecular formula is C14H21NO. The molecule has 2 rings (SSSR count). The van der Waals surface area contributed by atoms with E-state index in [0.29, 0.717) is 12.0 Å². The lowest BCUT2D eigenvalue weighted by atomic mass is 10.1. The molecule has 2 atom stereocenters. The molecular weight excluding hydrogens is 198 g/mol. The molecule has 2 unspecified atom stereocenters. The molecule has 16 heavy (non-hydrogen) atoms. The summed E-state index contributed by atoms with van der Waals surface area (Å²) in [6, 6.07) is 8.34. The highest BCUT2D eigenvalue weighted by Crippen LogP contribution is 2.29. The van der Waals surface area contributed by atoms with Crippen LogP contribution in [0.2, 0.25) is 0 Å². The van der Waals surface area contributed by atoms with Gasteiger partial charge in [0.15, 0.2) is 0 Å². The van der Waals surface area contributed by atoms with Gasteiger partial charge >= 0.3 is 0 Å². The van der Waals surface area contributed by atoms with Crippen LogP contribution in [0.5, 0.6) is 5.75 Å². The minimum absolute atomic E-state index is 0.397. The quantitative estimate of drug-likeness (QED) is 0.840. The van der Waals surface area contributed by atoms with Crippen LogP contribution in [0, 0.1) is 12.8 Å². The average Bonchev–Trinajstić information content (AvgIpc) is 2.66. The van der Waals surface area contributed by atoms with Gasteiger partial charge in [0.25, 0.3) is 0 Å². The van der Waals surface area contributed by atoms with Crippen molar-refractivity contribution in [1.29, 1.82) is 0 Å². The minimum atomic E-state index is 0.397. The highest BCUT2D eigenvalue weighted by molar-refractivity contribution is 5.27. The lowest BCUT2D eigenvalue weighted by Crippen LogP contribution is -2.29. The first-order chi connectivity index (χ1) is 7.79. The summed E-state index contributed by atoms with van der Waals surface area (Å²) >= 11 is 0. The number of hydrogen-bond donors (Lipinski definition) is 1. The van der Waals surface area contributed by atoms with E-state index < -0.39 is 0 Å². The van der Waals surface area contributed by atoms with Crippen molar-refractivity contribution in [3.8, 4) is 5.75 Å². The van der Waals surface area contributed by atoms with Crippen molar-refractivity contribution in [2.45, 2.75) is 32.3 Å². The SMILES string of the molecule is CNCC1CCCC1Oc1cccc(C)c1. The van der Waals surface area contributed by atoms with Crippen molar-refractivity contribution < 1.29 is 4.74 Å². The van der Waals surface area contributed by atoms with Gasteiger partial charge in [0.2, 0.25) is 0 Å². The van der Waals surface area contributed by atoms with E-state index in [4.69, 9.17) is 4.74 Å². The van der Waals surface area contributed by atoms with Crippen LogP contribution >= 0.6 is 0 Å². The molecule has 0 radical (unpaired) electrons. The molecule has 0 heterocycles. The molecule has 1 aromatic carbocycles. The number of nitrogens with one attached hydrogen (secondary N) is 1. The summed E-state index contributed by atoms with van der Waals surface area (Å²) in [6.45, 7) is 3.17. The highest BCUT2D eigenvalue weighted by Gasteiger charge is 2.28. The van der Waals surface area contributed by atoms with Gasteiger partial charge in [-0.15, -0.1) is 0 Å². The lowest BCUT2D eigenvalue weighted by Gasteiger charge is -2.21. The van der Waals surface area contributed by atoms with Crippen LogP contribution in [-0.2, 0) is 0 Å². The van der Waals surface area contributed by atoms with E-state index in [9.17, 15) is 0 Å². The van der Waals surface area contributed by atoms with Crippen molar-refractivity contribution in [3.63, 3.8) is 0 Å². The second-order valence-corrected chi connectivity index (χ2v) is 4.72. The zero-order valence-corrected chi connectivity index (χ0v) is 10.2. The molecule has 0 aliphatic heterocycles. The summed E-state index contributed by atoms with van der Waals surface area (Å²) in [5, 5.41) is 3.26. The number of hydrogen-bond acceptors (Lipinski definition) is 2. The smallest absolute Gasteiger partial charge is 0.119 e. The van der Waals surface area contributed by atoms with Gasteiger partial charge < -0.3 is 10.1 Å². The van der Waals surface area contributed by atoms with E-state index in [1.54, 1.807) is 0 Å². The normalized spacial score (nSPS) is 24.6. The van der Waals surface area contributed by atoms with Gasteiger partial charge in [0.1, 0.15) is 11.9 Å². The van der Waals surface area contributed by atoms with Crippen LogP contribution in [0.4, 0.5) is 0 Å². The van der Waals surface area contributed by atoms with Crippen LogP contribution in [0.3, 0.4) is 0 Å². The molecule has 2 heteroatoms. The number of rotatable bonds is 4. The summed E-state index contributed by atoms with van der Waals surface area (Å²) in [4.78, 5) is 0. The maximum atomic E-state index is 6.08.